The third-order valence-corrected chi connectivity index (χ3v) is 3.49. The van der Waals surface area contributed by atoms with Crippen LogP contribution in [-0.4, -0.2) is 30.9 Å². The number of nitrogens with zero attached hydrogens (tertiary/aromatic N) is 1. The lowest BCUT2D eigenvalue weighted by Gasteiger charge is -2.31. The van der Waals surface area contributed by atoms with E-state index in [0.29, 0.717) is 13.0 Å². The molecule has 1 aromatic rings. The van der Waals surface area contributed by atoms with Gasteiger partial charge < -0.3 is 10.6 Å². The molecule has 0 fully saturated rings. The van der Waals surface area contributed by atoms with Gasteiger partial charge in [-0.25, -0.2) is 0 Å². The van der Waals surface area contributed by atoms with Gasteiger partial charge in [0, 0.05) is 25.4 Å². The number of hydrogen-bond acceptors (Lipinski definition) is 2. The summed E-state index contributed by atoms with van der Waals surface area (Å²) in [5.41, 5.74) is 7.91. The van der Waals surface area contributed by atoms with Gasteiger partial charge in [0.05, 0.1) is 0 Å². The molecule has 1 aromatic carbocycles. The number of rotatable bonds is 6. The van der Waals surface area contributed by atoms with Gasteiger partial charge in [0.2, 0.25) is 5.91 Å². The summed E-state index contributed by atoms with van der Waals surface area (Å²) >= 11 is 0. The predicted octanol–water partition coefficient (Wildman–Crippen LogP) is 2.47. The lowest BCUT2D eigenvalue weighted by molar-refractivity contribution is -0.130. The van der Waals surface area contributed by atoms with Crippen LogP contribution in [0, 0.1) is 6.92 Å². The van der Waals surface area contributed by atoms with Crippen molar-refractivity contribution >= 4 is 5.91 Å². The lowest BCUT2D eigenvalue weighted by Crippen LogP contribution is -2.38. The highest BCUT2D eigenvalue weighted by Crippen LogP contribution is 2.24. The topological polar surface area (TPSA) is 46.3 Å². The summed E-state index contributed by atoms with van der Waals surface area (Å²) in [6, 6.07) is 8.53. The second-order valence-electron chi connectivity index (χ2n) is 5.89. The van der Waals surface area contributed by atoms with E-state index in [-0.39, 0.29) is 11.3 Å². The Morgan fingerprint density at radius 3 is 2.37 bits per heavy atom. The molecule has 19 heavy (non-hydrogen) atoms. The van der Waals surface area contributed by atoms with Crippen molar-refractivity contribution < 1.29 is 4.79 Å². The van der Waals surface area contributed by atoms with E-state index in [1.54, 1.807) is 0 Å². The first kappa shape index (κ1) is 15.7. The first-order valence-electron chi connectivity index (χ1n) is 6.88. The summed E-state index contributed by atoms with van der Waals surface area (Å²) in [6.45, 7) is 7.72. The summed E-state index contributed by atoms with van der Waals surface area (Å²) in [5, 5.41) is 0. The van der Waals surface area contributed by atoms with Gasteiger partial charge in [0.25, 0.3) is 0 Å². The number of aryl methyl sites for hydroxylation is 1. The quantitative estimate of drug-likeness (QED) is 0.856. The van der Waals surface area contributed by atoms with Crippen LogP contribution in [0.4, 0.5) is 0 Å². The minimum atomic E-state index is -0.0408. The summed E-state index contributed by atoms with van der Waals surface area (Å²) in [7, 11) is 1.87. The summed E-state index contributed by atoms with van der Waals surface area (Å²) in [4.78, 5) is 13.8. The van der Waals surface area contributed by atoms with Crippen LogP contribution in [0.25, 0.3) is 0 Å². The molecular weight excluding hydrogens is 236 g/mol. The maximum atomic E-state index is 11.9. The number of benzene rings is 1. The molecule has 0 spiro atoms. The molecule has 3 nitrogen and oxygen atoms in total. The molecule has 0 aliphatic heterocycles. The van der Waals surface area contributed by atoms with Gasteiger partial charge in [0.15, 0.2) is 0 Å². The average Bonchev–Trinajstić information content (AvgIpc) is 2.35. The number of carbonyl (C=O) groups is 1. The van der Waals surface area contributed by atoms with Gasteiger partial charge >= 0.3 is 0 Å². The number of amides is 1. The van der Waals surface area contributed by atoms with Gasteiger partial charge in [-0.3, -0.25) is 4.79 Å². The zero-order valence-corrected chi connectivity index (χ0v) is 12.6. The molecule has 3 heteroatoms. The molecule has 0 unspecified atom stereocenters. The molecule has 0 aromatic heterocycles. The van der Waals surface area contributed by atoms with Crippen LogP contribution < -0.4 is 5.73 Å². The fourth-order valence-electron chi connectivity index (χ4n) is 2.22. The molecule has 0 atom stereocenters. The minimum Gasteiger partial charge on any atom is -0.345 e. The van der Waals surface area contributed by atoms with Gasteiger partial charge in [-0.15, -0.1) is 0 Å². The number of hydrogen-bond donors (Lipinski definition) is 1. The van der Waals surface area contributed by atoms with Crippen LogP contribution in [0.15, 0.2) is 24.3 Å². The Labute approximate surface area is 116 Å². The van der Waals surface area contributed by atoms with Crippen molar-refractivity contribution in [2.45, 2.75) is 39.0 Å². The second kappa shape index (κ2) is 6.71. The van der Waals surface area contributed by atoms with Gasteiger partial charge in [-0.05, 0) is 25.5 Å². The van der Waals surface area contributed by atoms with Gasteiger partial charge in [-0.2, -0.15) is 0 Å². The predicted molar refractivity (Wildman–Crippen MR) is 80.1 cm³/mol. The fourth-order valence-corrected chi connectivity index (χ4v) is 2.22. The van der Waals surface area contributed by atoms with Gasteiger partial charge in [0.1, 0.15) is 0 Å². The first-order chi connectivity index (χ1) is 8.86. The van der Waals surface area contributed by atoms with Crippen LogP contribution in [-0.2, 0) is 10.2 Å². The van der Waals surface area contributed by atoms with Crippen molar-refractivity contribution in [2.75, 3.05) is 20.1 Å². The van der Waals surface area contributed by atoms with Crippen LogP contribution in [0.5, 0.6) is 0 Å². The summed E-state index contributed by atoms with van der Waals surface area (Å²) < 4.78 is 0. The van der Waals surface area contributed by atoms with Crippen LogP contribution >= 0.6 is 0 Å². The Hall–Kier alpha value is -1.35. The van der Waals surface area contributed by atoms with Crippen molar-refractivity contribution in [2.24, 2.45) is 5.73 Å². The van der Waals surface area contributed by atoms with Crippen molar-refractivity contribution in [1.29, 1.82) is 0 Å². The van der Waals surface area contributed by atoms with Crippen molar-refractivity contribution in [3.05, 3.63) is 35.4 Å². The number of likely N-dealkylation sites (N-methyl/N-ethyl adjacent to an activating group) is 1. The maximum Gasteiger partial charge on any atom is 0.222 e. The SMILES string of the molecule is Cc1ccc(C(C)(C)CN(C)C(=O)CCCN)cc1. The van der Waals surface area contributed by atoms with Crippen LogP contribution in [0.1, 0.15) is 37.8 Å². The van der Waals surface area contributed by atoms with Crippen molar-refractivity contribution in [1.82, 2.24) is 4.90 Å². The Balaban J connectivity index is 2.68. The monoisotopic (exact) mass is 262 g/mol. The second-order valence-corrected chi connectivity index (χ2v) is 5.89. The third kappa shape index (κ3) is 4.67. The molecule has 0 aliphatic carbocycles. The molecule has 1 rings (SSSR count). The number of nitrogens with two attached hydrogens (primary N) is 1. The molecule has 0 aliphatic rings. The molecule has 0 radical (unpaired) electrons. The standard InChI is InChI=1S/C16H26N2O/c1-13-7-9-14(10-8-13)16(2,3)12-18(4)15(19)6-5-11-17/h7-10H,5-6,11-12,17H2,1-4H3. The van der Waals surface area contributed by atoms with Crippen molar-refractivity contribution in [3.63, 3.8) is 0 Å². The molecule has 1 amide bonds. The Morgan fingerprint density at radius 2 is 1.84 bits per heavy atom. The van der Waals surface area contributed by atoms with E-state index in [0.717, 1.165) is 13.0 Å². The van der Waals surface area contributed by atoms with E-state index < -0.39 is 0 Å². The molecule has 2 N–H and O–H groups in total. The maximum absolute atomic E-state index is 11.9. The van der Waals surface area contributed by atoms with E-state index in [9.17, 15) is 4.79 Å². The fraction of sp³-hybridized carbons (Fsp3) is 0.562. The largest absolute Gasteiger partial charge is 0.345 e. The average molecular weight is 262 g/mol. The van der Waals surface area contributed by atoms with Crippen molar-refractivity contribution in [3.8, 4) is 0 Å². The highest BCUT2D eigenvalue weighted by Gasteiger charge is 2.24. The zero-order valence-electron chi connectivity index (χ0n) is 12.6. The normalized spacial score (nSPS) is 11.4. The van der Waals surface area contributed by atoms with E-state index in [1.807, 2.05) is 11.9 Å². The highest BCUT2D eigenvalue weighted by molar-refractivity contribution is 5.76. The molecule has 0 heterocycles. The van der Waals surface area contributed by atoms with Crippen LogP contribution in [0.2, 0.25) is 0 Å². The number of carbonyl (C=O) groups excluding carboxylic acids is 1. The minimum absolute atomic E-state index is 0.0408. The molecule has 0 saturated heterocycles. The smallest absolute Gasteiger partial charge is 0.222 e. The molecule has 0 bridgehead atoms. The Kier molecular flexibility index (Phi) is 5.55. The van der Waals surface area contributed by atoms with E-state index in [4.69, 9.17) is 5.73 Å². The van der Waals surface area contributed by atoms with Gasteiger partial charge in [-0.1, -0.05) is 43.7 Å². The highest BCUT2D eigenvalue weighted by atomic mass is 16.2. The third-order valence-electron chi connectivity index (χ3n) is 3.49. The summed E-state index contributed by atoms with van der Waals surface area (Å²) in [6.07, 6.45) is 1.30. The summed E-state index contributed by atoms with van der Waals surface area (Å²) in [5.74, 6) is 0.172. The zero-order chi connectivity index (χ0) is 14.5. The first-order valence-corrected chi connectivity index (χ1v) is 6.88. The Morgan fingerprint density at radius 1 is 1.26 bits per heavy atom. The van der Waals surface area contributed by atoms with E-state index in [2.05, 4.69) is 45.0 Å². The molecule has 0 saturated carbocycles. The molecule has 106 valence electrons. The van der Waals surface area contributed by atoms with E-state index >= 15 is 0 Å². The molecular formula is C16H26N2O. The van der Waals surface area contributed by atoms with Crippen LogP contribution in [0.3, 0.4) is 0 Å². The van der Waals surface area contributed by atoms with E-state index in [1.165, 1.54) is 11.1 Å². The lowest BCUT2D eigenvalue weighted by atomic mass is 9.84. The Bertz CT molecular complexity index is 409.